The van der Waals surface area contributed by atoms with Gasteiger partial charge >= 0.3 is 0 Å². The van der Waals surface area contributed by atoms with Crippen LogP contribution in [0, 0.1) is 0 Å². The highest BCUT2D eigenvalue weighted by Gasteiger charge is 2.24. The van der Waals surface area contributed by atoms with Gasteiger partial charge in [0.1, 0.15) is 10.0 Å². The van der Waals surface area contributed by atoms with Crippen LogP contribution < -0.4 is 0 Å². The molecule has 2 aromatic heterocycles. The molecule has 0 aromatic carbocycles. The Morgan fingerprint density at radius 2 is 2.41 bits per heavy atom. The van der Waals surface area contributed by atoms with Crippen molar-refractivity contribution in [3.8, 4) is 0 Å². The average molecular weight is 269 g/mol. The number of halogens is 1. The molecule has 0 spiro atoms. The predicted molar refractivity (Wildman–Crippen MR) is 68.2 cm³/mol. The van der Waals surface area contributed by atoms with Gasteiger partial charge in [-0.25, -0.2) is 0 Å². The second kappa shape index (κ2) is 4.40. The number of aromatic nitrogens is 3. The highest BCUT2D eigenvalue weighted by molar-refractivity contribution is 7.10. The zero-order chi connectivity index (χ0) is 11.8. The van der Waals surface area contributed by atoms with Gasteiger partial charge in [0, 0.05) is 49.1 Å². The Kier molecular flexibility index (Phi) is 2.90. The van der Waals surface area contributed by atoms with Gasteiger partial charge in [0.25, 0.3) is 0 Å². The molecule has 4 nitrogen and oxygen atoms in total. The molecular weight excluding hydrogens is 256 g/mol. The van der Waals surface area contributed by atoms with Crippen molar-refractivity contribution >= 4 is 23.1 Å². The molecule has 3 rings (SSSR count). The summed E-state index contributed by atoms with van der Waals surface area (Å²) in [4.78, 5) is 2.39. The quantitative estimate of drug-likeness (QED) is 0.840. The molecule has 0 saturated heterocycles. The van der Waals surface area contributed by atoms with Gasteiger partial charge in [-0.05, 0) is 19.1 Å². The number of hydrogen-bond acceptors (Lipinski definition) is 4. The van der Waals surface area contributed by atoms with Gasteiger partial charge in [-0.2, -0.15) is 0 Å². The van der Waals surface area contributed by atoms with Gasteiger partial charge in [-0.3, -0.25) is 4.90 Å². The Labute approximate surface area is 109 Å². The molecule has 3 heterocycles. The van der Waals surface area contributed by atoms with Gasteiger partial charge in [0.05, 0.1) is 0 Å². The first-order valence-corrected chi connectivity index (χ1v) is 6.76. The van der Waals surface area contributed by atoms with Crippen molar-refractivity contribution in [1.82, 2.24) is 19.1 Å². The Morgan fingerprint density at radius 3 is 3.18 bits per heavy atom. The van der Waals surface area contributed by atoms with Crippen LogP contribution in [0.4, 0.5) is 0 Å². The van der Waals surface area contributed by atoms with E-state index < -0.39 is 0 Å². The Bertz CT molecular complexity index is 521. The molecule has 0 bridgehead atoms. The molecular formula is C11H13ClN4S. The van der Waals surface area contributed by atoms with Crippen molar-refractivity contribution in [2.24, 2.45) is 0 Å². The lowest BCUT2D eigenvalue weighted by molar-refractivity contribution is 0.159. The summed E-state index contributed by atoms with van der Waals surface area (Å²) in [5.74, 6) is 0. The van der Waals surface area contributed by atoms with Crippen LogP contribution in [0.1, 0.15) is 24.4 Å². The Balaban J connectivity index is 1.81. The van der Waals surface area contributed by atoms with Crippen LogP contribution in [0.2, 0.25) is 4.34 Å². The first kappa shape index (κ1) is 11.2. The minimum absolute atomic E-state index is 0.400. The van der Waals surface area contributed by atoms with Crippen LogP contribution in [0.3, 0.4) is 0 Å². The molecule has 1 aliphatic heterocycles. The highest BCUT2D eigenvalue weighted by Crippen LogP contribution is 2.28. The molecule has 0 unspecified atom stereocenters. The lowest BCUT2D eigenvalue weighted by atomic mass is 10.1. The first-order valence-electron chi connectivity index (χ1n) is 5.61. The van der Waals surface area contributed by atoms with Crippen LogP contribution in [0.25, 0.3) is 0 Å². The molecule has 0 amide bonds. The summed E-state index contributed by atoms with van der Waals surface area (Å²) >= 11 is 7.30. The summed E-state index contributed by atoms with van der Waals surface area (Å²) in [7, 11) is 0. The molecule has 6 heteroatoms. The fourth-order valence-corrected chi connectivity index (χ4v) is 2.94. The van der Waals surface area contributed by atoms with E-state index in [-0.39, 0.29) is 0 Å². The predicted octanol–water partition coefficient (Wildman–Crippen LogP) is 2.57. The molecule has 0 N–H and O–H groups in total. The molecule has 1 atom stereocenters. The lowest BCUT2D eigenvalue weighted by Gasteiger charge is -2.34. The Hall–Kier alpha value is -0.910. The van der Waals surface area contributed by atoms with Crippen molar-refractivity contribution in [3.05, 3.63) is 34.1 Å². The van der Waals surface area contributed by atoms with E-state index in [0.29, 0.717) is 10.4 Å². The third-order valence-corrected chi connectivity index (χ3v) is 4.32. The van der Waals surface area contributed by atoms with E-state index in [1.165, 1.54) is 17.2 Å². The largest absolute Gasteiger partial charge is 0.349 e. The highest BCUT2D eigenvalue weighted by atomic mass is 35.5. The zero-order valence-electron chi connectivity index (χ0n) is 9.51. The van der Waals surface area contributed by atoms with E-state index in [2.05, 4.69) is 44.3 Å². The summed E-state index contributed by atoms with van der Waals surface area (Å²) in [6.07, 6.45) is 2.14. The van der Waals surface area contributed by atoms with Crippen LogP contribution in [0.15, 0.2) is 18.3 Å². The Morgan fingerprint density at radius 1 is 1.53 bits per heavy atom. The number of nitrogens with zero attached hydrogens (tertiary/aromatic N) is 4. The standard InChI is InChI=1S/C11H13ClN4S/c1-8-10-3-2-4-15(10)5-6-16(8)7-9-11(12)17-14-13-9/h2-4,8H,5-7H2,1H3/t8-/m1/s1. The minimum atomic E-state index is 0.400. The van der Waals surface area contributed by atoms with Crippen LogP contribution >= 0.6 is 23.1 Å². The molecule has 0 fully saturated rings. The van der Waals surface area contributed by atoms with E-state index in [1.54, 1.807) is 0 Å². The normalized spacial score (nSPS) is 20.5. The second-order valence-electron chi connectivity index (χ2n) is 4.27. The molecule has 2 aromatic rings. The van der Waals surface area contributed by atoms with E-state index in [4.69, 9.17) is 11.6 Å². The van der Waals surface area contributed by atoms with Crippen LogP contribution in [-0.4, -0.2) is 25.6 Å². The molecule has 0 aliphatic carbocycles. The third-order valence-electron chi connectivity index (χ3n) is 3.33. The van der Waals surface area contributed by atoms with Crippen LogP contribution in [0.5, 0.6) is 0 Å². The minimum Gasteiger partial charge on any atom is -0.349 e. The molecule has 90 valence electrons. The summed E-state index contributed by atoms with van der Waals surface area (Å²) in [6, 6.07) is 4.68. The molecule has 1 aliphatic rings. The average Bonchev–Trinajstić information content (AvgIpc) is 2.92. The third kappa shape index (κ3) is 1.99. The van der Waals surface area contributed by atoms with E-state index in [9.17, 15) is 0 Å². The van der Waals surface area contributed by atoms with E-state index in [1.807, 2.05) is 0 Å². The zero-order valence-corrected chi connectivity index (χ0v) is 11.1. The summed E-state index contributed by atoms with van der Waals surface area (Å²) < 4.78 is 6.89. The van der Waals surface area contributed by atoms with E-state index in [0.717, 1.165) is 25.3 Å². The van der Waals surface area contributed by atoms with Gasteiger partial charge in [0.15, 0.2) is 0 Å². The fraction of sp³-hybridized carbons (Fsp3) is 0.455. The lowest BCUT2D eigenvalue weighted by Crippen LogP contribution is -2.36. The SMILES string of the molecule is C[C@@H]1c2cccn2CCN1Cc1nnsc1Cl. The summed E-state index contributed by atoms with van der Waals surface area (Å²) in [5, 5.41) is 4.08. The van der Waals surface area contributed by atoms with Gasteiger partial charge in [-0.15, -0.1) is 5.10 Å². The van der Waals surface area contributed by atoms with Gasteiger partial charge < -0.3 is 4.57 Å². The van der Waals surface area contributed by atoms with Gasteiger partial charge in [0.2, 0.25) is 0 Å². The monoisotopic (exact) mass is 268 g/mol. The number of fused-ring (bicyclic) bond motifs is 1. The molecule has 0 radical (unpaired) electrons. The molecule has 17 heavy (non-hydrogen) atoms. The molecule has 0 saturated carbocycles. The van der Waals surface area contributed by atoms with Crippen LogP contribution in [-0.2, 0) is 13.1 Å². The fourth-order valence-electron chi connectivity index (χ4n) is 2.33. The maximum atomic E-state index is 6.05. The number of rotatable bonds is 2. The van der Waals surface area contributed by atoms with Gasteiger partial charge in [-0.1, -0.05) is 16.1 Å². The van der Waals surface area contributed by atoms with Crippen molar-refractivity contribution < 1.29 is 0 Å². The maximum Gasteiger partial charge on any atom is 0.138 e. The second-order valence-corrected chi connectivity index (χ2v) is 5.62. The topological polar surface area (TPSA) is 34.0 Å². The maximum absolute atomic E-state index is 6.05. The van der Waals surface area contributed by atoms with Crippen molar-refractivity contribution in [1.29, 1.82) is 0 Å². The first-order chi connectivity index (χ1) is 8.25. The summed E-state index contributed by atoms with van der Waals surface area (Å²) in [6.45, 7) is 5.05. The number of hydrogen-bond donors (Lipinski definition) is 0. The van der Waals surface area contributed by atoms with E-state index >= 15 is 0 Å². The van der Waals surface area contributed by atoms with Crippen molar-refractivity contribution in [2.75, 3.05) is 6.54 Å². The summed E-state index contributed by atoms with van der Waals surface area (Å²) in [5.41, 5.74) is 2.25. The smallest absolute Gasteiger partial charge is 0.138 e. The van der Waals surface area contributed by atoms with Crippen molar-refractivity contribution in [3.63, 3.8) is 0 Å². The van der Waals surface area contributed by atoms with Crippen molar-refractivity contribution in [2.45, 2.75) is 26.1 Å².